The van der Waals surface area contributed by atoms with Gasteiger partial charge in [-0.25, -0.2) is 4.79 Å². The van der Waals surface area contributed by atoms with Crippen LogP contribution >= 0.6 is 0 Å². The fourth-order valence-corrected chi connectivity index (χ4v) is 1.25. The number of aromatic nitrogens is 1. The van der Waals surface area contributed by atoms with E-state index in [1.807, 2.05) is 13.8 Å². The second-order valence-electron chi connectivity index (χ2n) is 3.56. The van der Waals surface area contributed by atoms with Crippen molar-refractivity contribution in [2.45, 2.75) is 26.7 Å². The molecule has 0 aliphatic carbocycles. The summed E-state index contributed by atoms with van der Waals surface area (Å²) < 4.78 is 0. The molecule has 0 saturated carbocycles. The Morgan fingerprint density at radius 2 is 2.14 bits per heavy atom. The van der Waals surface area contributed by atoms with E-state index >= 15 is 0 Å². The number of nitrogens with two attached hydrogens (primary N) is 1. The lowest BCUT2D eigenvalue weighted by atomic mass is 10.0. The molecule has 4 nitrogen and oxygen atoms in total. The summed E-state index contributed by atoms with van der Waals surface area (Å²) in [5.74, 6) is -0.895. The Morgan fingerprint density at radius 3 is 2.57 bits per heavy atom. The molecule has 1 aromatic rings. The van der Waals surface area contributed by atoms with Gasteiger partial charge in [0.1, 0.15) is 0 Å². The molecule has 0 radical (unpaired) electrons. The summed E-state index contributed by atoms with van der Waals surface area (Å²) in [5, 5.41) is 8.93. The fraction of sp³-hybridized carbons (Fsp3) is 0.400. The number of carboxylic acid groups (broad SMARTS) is 1. The summed E-state index contributed by atoms with van der Waals surface area (Å²) in [6.07, 6.45) is 0. The van der Waals surface area contributed by atoms with Crippen molar-refractivity contribution in [3.63, 3.8) is 0 Å². The second-order valence-corrected chi connectivity index (χ2v) is 3.56. The van der Waals surface area contributed by atoms with Gasteiger partial charge in [-0.15, -0.1) is 0 Å². The summed E-state index contributed by atoms with van der Waals surface area (Å²) in [5.41, 5.74) is 7.49. The Kier molecular flexibility index (Phi) is 2.74. The molecule has 0 saturated heterocycles. The van der Waals surface area contributed by atoms with Gasteiger partial charge in [-0.05, 0) is 18.9 Å². The van der Waals surface area contributed by atoms with Gasteiger partial charge in [0.05, 0.1) is 22.6 Å². The van der Waals surface area contributed by atoms with E-state index in [0.29, 0.717) is 17.1 Å². The van der Waals surface area contributed by atoms with Crippen molar-refractivity contribution in [2.75, 3.05) is 5.73 Å². The summed E-state index contributed by atoms with van der Waals surface area (Å²) >= 11 is 0. The van der Waals surface area contributed by atoms with Crippen molar-refractivity contribution in [1.82, 2.24) is 4.98 Å². The molecule has 4 heteroatoms. The van der Waals surface area contributed by atoms with Crippen LogP contribution in [0.25, 0.3) is 0 Å². The minimum absolute atomic E-state index is 0.0837. The zero-order chi connectivity index (χ0) is 10.9. The molecule has 0 fully saturated rings. The van der Waals surface area contributed by atoms with Crippen LogP contribution in [-0.2, 0) is 0 Å². The monoisotopic (exact) mass is 194 g/mol. The van der Waals surface area contributed by atoms with Crippen molar-refractivity contribution < 1.29 is 9.90 Å². The lowest BCUT2D eigenvalue weighted by Crippen LogP contribution is -2.09. The van der Waals surface area contributed by atoms with Crippen LogP contribution in [0, 0.1) is 6.92 Å². The SMILES string of the molecule is Cc1nc(C(C)C)c(C(=O)O)cc1N. The number of hydrogen-bond acceptors (Lipinski definition) is 3. The predicted molar refractivity (Wildman–Crippen MR) is 54.4 cm³/mol. The van der Waals surface area contributed by atoms with Crippen LogP contribution in [0.15, 0.2) is 6.07 Å². The molecular weight excluding hydrogens is 180 g/mol. The first-order valence-electron chi connectivity index (χ1n) is 4.43. The van der Waals surface area contributed by atoms with Gasteiger partial charge in [-0.1, -0.05) is 13.8 Å². The van der Waals surface area contributed by atoms with Crippen molar-refractivity contribution in [2.24, 2.45) is 0 Å². The van der Waals surface area contributed by atoms with Gasteiger partial charge in [-0.2, -0.15) is 0 Å². The molecule has 0 spiro atoms. The lowest BCUT2D eigenvalue weighted by Gasteiger charge is -2.11. The number of hydrogen-bond donors (Lipinski definition) is 2. The van der Waals surface area contributed by atoms with Crippen LogP contribution in [0.3, 0.4) is 0 Å². The Balaban J connectivity index is 3.39. The molecule has 3 N–H and O–H groups in total. The molecule has 1 aromatic heterocycles. The molecule has 0 aliphatic rings. The van der Waals surface area contributed by atoms with E-state index in [0.717, 1.165) is 0 Å². The van der Waals surface area contributed by atoms with Crippen LogP contribution in [0.1, 0.15) is 41.5 Å². The summed E-state index contributed by atoms with van der Waals surface area (Å²) in [6.45, 7) is 5.58. The Labute approximate surface area is 82.8 Å². The molecule has 14 heavy (non-hydrogen) atoms. The van der Waals surface area contributed by atoms with E-state index in [1.165, 1.54) is 6.07 Å². The molecule has 1 heterocycles. The van der Waals surface area contributed by atoms with Gasteiger partial charge in [0, 0.05) is 0 Å². The molecule has 1 rings (SSSR count). The average Bonchev–Trinajstić information content (AvgIpc) is 2.08. The summed E-state index contributed by atoms with van der Waals surface area (Å²) in [6, 6.07) is 1.47. The first-order chi connectivity index (χ1) is 6.43. The zero-order valence-corrected chi connectivity index (χ0v) is 8.53. The standard InChI is InChI=1S/C10H14N2O2/c1-5(2)9-7(10(13)14)4-8(11)6(3)12-9/h4-5H,11H2,1-3H3,(H,13,14). The van der Waals surface area contributed by atoms with Crippen LogP contribution in [-0.4, -0.2) is 16.1 Å². The fourth-order valence-electron chi connectivity index (χ4n) is 1.25. The van der Waals surface area contributed by atoms with E-state index in [9.17, 15) is 4.79 Å². The third-order valence-electron chi connectivity index (χ3n) is 2.06. The zero-order valence-electron chi connectivity index (χ0n) is 8.53. The highest BCUT2D eigenvalue weighted by atomic mass is 16.4. The maximum absolute atomic E-state index is 10.9. The molecule has 0 amide bonds. The number of nitrogen functional groups attached to an aromatic ring is 1. The van der Waals surface area contributed by atoms with Gasteiger partial charge in [0.2, 0.25) is 0 Å². The first kappa shape index (κ1) is 10.5. The molecule has 0 atom stereocenters. The van der Waals surface area contributed by atoms with Gasteiger partial charge >= 0.3 is 5.97 Å². The third-order valence-corrected chi connectivity index (χ3v) is 2.06. The predicted octanol–water partition coefficient (Wildman–Crippen LogP) is 1.79. The Morgan fingerprint density at radius 1 is 1.57 bits per heavy atom. The molecular formula is C10H14N2O2. The number of nitrogens with zero attached hydrogens (tertiary/aromatic N) is 1. The molecule has 0 unspecified atom stereocenters. The van der Waals surface area contributed by atoms with Crippen LogP contribution in [0.2, 0.25) is 0 Å². The molecule has 0 aromatic carbocycles. The number of carbonyl (C=O) groups is 1. The maximum Gasteiger partial charge on any atom is 0.337 e. The van der Waals surface area contributed by atoms with Crippen molar-refractivity contribution in [1.29, 1.82) is 0 Å². The Hall–Kier alpha value is -1.58. The largest absolute Gasteiger partial charge is 0.478 e. The van der Waals surface area contributed by atoms with Crippen molar-refractivity contribution >= 4 is 11.7 Å². The van der Waals surface area contributed by atoms with Gasteiger partial charge < -0.3 is 10.8 Å². The number of rotatable bonds is 2. The van der Waals surface area contributed by atoms with Gasteiger partial charge in [0.15, 0.2) is 0 Å². The molecule has 0 bridgehead atoms. The smallest absolute Gasteiger partial charge is 0.337 e. The topological polar surface area (TPSA) is 76.2 Å². The van der Waals surface area contributed by atoms with Crippen molar-refractivity contribution in [3.8, 4) is 0 Å². The average molecular weight is 194 g/mol. The number of carboxylic acids is 1. The quantitative estimate of drug-likeness (QED) is 0.752. The summed E-state index contributed by atoms with van der Waals surface area (Å²) in [7, 11) is 0. The number of anilines is 1. The van der Waals surface area contributed by atoms with Gasteiger partial charge in [-0.3, -0.25) is 4.98 Å². The summed E-state index contributed by atoms with van der Waals surface area (Å²) in [4.78, 5) is 15.1. The first-order valence-corrected chi connectivity index (χ1v) is 4.43. The highest BCUT2D eigenvalue weighted by molar-refractivity contribution is 5.90. The highest BCUT2D eigenvalue weighted by Gasteiger charge is 2.16. The van der Waals surface area contributed by atoms with E-state index in [2.05, 4.69) is 4.98 Å². The molecule has 76 valence electrons. The lowest BCUT2D eigenvalue weighted by molar-refractivity contribution is 0.0694. The van der Waals surface area contributed by atoms with E-state index in [-0.39, 0.29) is 11.5 Å². The van der Waals surface area contributed by atoms with E-state index in [4.69, 9.17) is 10.8 Å². The number of aromatic carboxylic acids is 1. The minimum Gasteiger partial charge on any atom is -0.478 e. The van der Waals surface area contributed by atoms with Crippen LogP contribution in [0.4, 0.5) is 5.69 Å². The number of aryl methyl sites for hydroxylation is 1. The van der Waals surface area contributed by atoms with Crippen molar-refractivity contribution in [3.05, 3.63) is 23.0 Å². The molecule has 0 aliphatic heterocycles. The normalized spacial score (nSPS) is 10.6. The maximum atomic E-state index is 10.9. The van der Waals surface area contributed by atoms with Crippen LogP contribution in [0.5, 0.6) is 0 Å². The Bertz CT molecular complexity index is 373. The highest BCUT2D eigenvalue weighted by Crippen LogP contribution is 2.21. The van der Waals surface area contributed by atoms with Gasteiger partial charge in [0.25, 0.3) is 0 Å². The minimum atomic E-state index is -0.979. The van der Waals surface area contributed by atoms with E-state index < -0.39 is 5.97 Å². The second kappa shape index (κ2) is 3.65. The third kappa shape index (κ3) is 1.84. The number of pyridine rings is 1. The van der Waals surface area contributed by atoms with Crippen LogP contribution < -0.4 is 5.73 Å². The van der Waals surface area contributed by atoms with E-state index in [1.54, 1.807) is 6.92 Å².